The number of aromatic nitrogens is 4. The van der Waals surface area contributed by atoms with Gasteiger partial charge in [-0.05, 0) is 33.8 Å². The Morgan fingerprint density at radius 2 is 1.67 bits per heavy atom. The van der Waals surface area contributed by atoms with Crippen molar-refractivity contribution in [2.24, 2.45) is 0 Å². The Labute approximate surface area is 123 Å². The van der Waals surface area contributed by atoms with E-state index in [0.717, 1.165) is 0 Å². The Kier molecular flexibility index (Phi) is 4.52. The van der Waals surface area contributed by atoms with E-state index < -0.39 is 0 Å². The van der Waals surface area contributed by atoms with E-state index in [9.17, 15) is 0 Å². The van der Waals surface area contributed by atoms with Crippen LogP contribution in [0.25, 0.3) is 11.4 Å². The van der Waals surface area contributed by atoms with Crippen LogP contribution in [0.1, 0.15) is 27.7 Å². The van der Waals surface area contributed by atoms with Gasteiger partial charge in [-0.3, -0.25) is 4.98 Å². The average molecular weight is 289 g/mol. The van der Waals surface area contributed by atoms with Crippen LogP contribution in [-0.2, 0) is 0 Å². The van der Waals surface area contributed by atoms with Gasteiger partial charge in [0.1, 0.15) is 5.75 Å². The van der Waals surface area contributed by atoms with Gasteiger partial charge in [0.25, 0.3) is 0 Å². The van der Waals surface area contributed by atoms with Gasteiger partial charge in [-0.25, -0.2) is 0 Å². The highest BCUT2D eigenvalue weighted by Gasteiger charge is 2.11. The molecule has 2 N–H and O–H groups in total. The van der Waals surface area contributed by atoms with Crippen molar-refractivity contribution >= 4 is 5.95 Å². The lowest BCUT2D eigenvalue weighted by Crippen LogP contribution is -2.11. The van der Waals surface area contributed by atoms with E-state index in [2.05, 4.69) is 19.9 Å². The molecule has 2 heterocycles. The van der Waals surface area contributed by atoms with Gasteiger partial charge in [0.05, 0.1) is 18.4 Å². The molecule has 2 rings (SSSR count). The second-order valence-electron chi connectivity index (χ2n) is 5.04. The maximum atomic E-state index is 5.70. The first-order valence-electron chi connectivity index (χ1n) is 6.74. The standard InChI is InChI=1S/C14H19N5O2/c1-8(2)20-11-5-10(6-16-7-11)12-17-13(15)19-14(18-12)21-9(3)4/h5-9H,1-4H3,(H2,15,17,18,19). The Morgan fingerprint density at radius 1 is 0.952 bits per heavy atom. The van der Waals surface area contributed by atoms with E-state index in [-0.39, 0.29) is 24.2 Å². The summed E-state index contributed by atoms with van der Waals surface area (Å²) in [6, 6.07) is 2.00. The minimum atomic E-state index is -0.0478. The number of nitrogen functional groups attached to an aromatic ring is 1. The van der Waals surface area contributed by atoms with Gasteiger partial charge in [0, 0.05) is 11.8 Å². The van der Waals surface area contributed by atoms with E-state index >= 15 is 0 Å². The van der Waals surface area contributed by atoms with Gasteiger partial charge in [0.15, 0.2) is 5.82 Å². The van der Waals surface area contributed by atoms with Crippen molar-refractivity contribution in [1.29, 1.82) is 0 Å². The zero-order valence-corrected chi connectivity index (χ0v) is 12.6. The van der Waals surface area contributed by atoms with Crippen molar-refractivity contribution in [3.8, 4) is 23.1 Å². The van der Waals surface area contributed by atoms with E-state index in [0.29, 0.717) is 17.1 Å². The maximum Gasteiger partial charge on any atom is 0.322 e. The fourth-order valence-corrected chi connectivity index (χ4v) is 1.64. The number of hydrogen-bond donors (Lipinski definition) is 1. The number of ether oxygens (including phenoxy) is 2. The highest BCUT2D eigenvalue weighted by atomic mass is 16.5. The van der Waals surface area contributed by atoms with Gasteiger partial charge in [-0.15, -0.1) is 0 Å². The van der Waals surface area contributed by atoms with Crippen molar-refractivity contribution in [3.63, 3.8) is 0 Å². The summed E-state index contributed by atoms with van der Waals surface area (Å²) >= 11 is 0. The molecule has 0 unspecified atom stereocenters. The number of pyridine rings is 1. The summed E-state index contributed by atoms with van der Waals surface area (Å²) in [4.78, 5) is 16.4. The Bertz CT molecular complexity index is 616. The van der Waals surface area contributed by atoms with Crippen LogP contribution in [-0.4, -0.2) is 32.1 Å². The largest absolute Gasteiger partial charge is 0.489 e. The zero-order chi connectivity index (χ0) is 15.4. The number of anilines is 1. The van der Waals surface area contributed by atoms with Crippen LogP contribution < -0.4 is 15.2 Å². The van der Waals surface area contributed by atoms with E-state index in [1.807, 2.05) is 27.7 Å². The van der Waals surface area contributed by atoms with Crippen LogP contribution in [0.15, 0.2) is 18.5 Å². The highest BCUT2D eigenvalue weighted by Crippen LogP contribution is 2.22. The number of nitrogens with zero attached hydrogens (tertiary/aromatic N) is 4. The lowest BCUT2D eigenvalue weighted by atomic mass is 10.2. The first kappa shape index (κ1) is 15.0. The molecule has 0 radical (unpaired) electrons. The fourth-order valence-electron chi connectivity index (χ4n) is 1.64. The van der Waals surface area contributed by atoms with Crippen LogP contribution in [0.4, 0.5) is 5.95 Å². The molecule has 0 aromatic carbocycles. The third kappa shape index (κ3) is 4.27. The molecule has 0 bridgehead atoms. The Balaban J connectivity index is 2.34. The lowest BCUT2D eigenvalue weighted by molar-refractivity contribution is 0.222. The molecular formula is C14H19N5O2. The predicted molar refractivity (Wildman–Crippen MR) is 79.0 cm³/mol. The lowest BCUT2D eigenvalue weighted by Gasteiger charge is -2.11. The summed E-state index contributed by atoms with van der Waals surface area (Å²) in [7, 11) is 0. The summed E-state index contributed by atoms with van der Waals surface area (Å²) in [5.41, 5.74) is 6.39. The number of nitrogens with two attached hydrogens (primary N) is 1. The molecule has 7 nitrogen and oxygen atoms in total. The summed E-state index contributed by atoms with van der Waals surface area (Å²) in [6.45, 7) is 7.67. The molecule has 21 heavy (non-hydrogen) atoms. The van der Waals surface area contributed by atoms with Gasteiger partial charge in [-0.2, -0.15) is 15.0 Å². The first-order valence-corrected chi connectivity index (χ1v) is 6.74. The van der Waals surface area contributed by atoms with E-state index in [4.69, 9.17) is 15.2 Å². The van der Waals surface area contributed by atoms with Gasteiger partial charge < -0.3 is 15.2 Å². The van der Waals surface area contributed by atoms with Crippen LogP contribution >= 0.6 is 0 Å². The van der Waals surface area contributed by atoms with Gasteiger partial charge >= 0.3 is 6.01 Å². The summed E-state index contributed by atoms with van der Waals surface area (Å²) in [5.74, 6) is 1.15. The number of rotatable bonds is 5. The molecule has 0 fully saturated rings. The smallest absolute Gasteiger partial charge is 0.322 e. The van der Waals surface area contributed by atoms with Crippen LogP contribution in [0.5, 0.6) is 11.8 Å². The molecule has 0 amide bonds. The molecule has 0 aliphatic heterocycles. The third-order valence-electron chi connectivity index (χ3n) is 2.32. The highest BCUT2D eigenvalue weighted by molar-refractivity contribution is 5.56. The summed E-state index contributed by atoms with van der Waals surface area (Å²) in [6.07, 6.45) is 3.29. The van der Waals surface area contributed by atoms with Crippen LogP contribution in [0, 0.1) is 0 Å². The van der Waals surface area contributed by atoms with Gasteiger partial charge in [-0.1, -0.05) is 0 Å². The van der Waals surface area contributed by atoms with Crippen molar-refractivity contribution in [2.45, 2.75) is 39.9 Å². The molecule has 7 heteroatoms. The van der Waals surface area contributed by atoms with Crippen LogP contribution in [0.3, 0.4) is 0 Å². The minimum absolute atomic E-state index is 0.0478. The molecule has 2 aromatic heterocycles. The molecule has 112 valence electrons. The normalized spacial score (nSPS) is 11.0. The molecule has 0 aliphatic carbocycles. The molecular weight excluding hydrogens is 270 g/mol. The summed E-state index contributed by atoms with van der Waals surface area (Å²) < 4.78 is 11.1. The SMILES string of the molecule is CC(C)Oc1cncc(-c2nc(N)nc(OC(C)C)n2)c1. The zero-order valence-electron chi connectivity index (χ0n) is 12.6. The van der Waals surface area contributed by atoms with Crippen molar-refractivity contribution < 1.29 is 9.47 Å². The fraction of sp³-hybridized carbons (Fsp3) is 0.429. The topological polar surface area (TPSA) is 96.0 Å². The predicted octanol–water partition coefficient (Wildman–Crippen LogP) is 2.09. The molecule has 0 saturated carbocycles. The molecule has 0 spiro atoms. The van der Waals surface area contributed by atoms with Crippen molar-refractivity contribution in [2.75, 3.05) is 5.73 Å². The van der Waals surface area contributed by atoms with Gasteiger partial charge in [0.2, 0.25) is 5.95 Å². The first-order chi connectivity index (χ1) is 9.94. The summed E-state index contributed by atoms with van der Waals surface area (Å²) in [5, 5.41) is 0. The Morgan fingerprint density at radius 3 is 2.33 bits per heavy atom. The monoisotopic (exact) mass is 289 g/mol. The van der Waals surface area contributed by atoms with E-state index in [1.54, 1.807) is 18.5 Å². The third-order valence-corrected chi connectivity index (χ3v) is 2.32. The second kappa shape index (κ2) is 6.34. The molecule has 0 saturated heterocycles. The minimum Gasteiger partial charge on any atom is -0.489 e. The molecule has 2 aromatic rings. The molecule has 0 aliphatic rings. The molecule has 0 atom stereocenters. The van der Waals surface area contributed by atoms with Crippen LogP contribution in [0.2, 0.25) is 0 Å². The quantitative estimate of drug-likeness (QED) is 0.900. The number of hydrogen-bond acceptors (Lipinski definition) is 7. The average Bonchev–Trinajstić information content (AvgIpc) is 2.36. The van der Waals surface area contributed by atoms with Crippen molar-refractivity contribution in [1.82, 2.24) is 19.9 Å². The second-order valence-corrected chi connectivity index (χ2v) is 5.04. The van der Waals surface area contributed by atoms with Crippen molar-refractivity contribution in [3.05, 3.63) is 18.5 Å². The Hall–Kier alpha value is -2.44. The maximum absolute atomic E-state index is 5.70. The van der Waals surface area contributed by atoms with E-state index in [1.165, 1.54) is 0 Å².